The Morgan fingerprint density at radius 2 is 1.47 bits per heavy atom. The molecule has 4 nitrogen and oxygen atoms in total. The van der Waals surface area contributed by atoms with Crippen LogP contribution in [0, 0.1) is 0 Å². The van der Waals surface area contributed by atoms with E-state index in [2.05, 4.69) is 0 Å². The molecule has 0 aromatic rings. The van der Waals surface area contributed by atoms with Crippen LogP contribution in [0.5, 0.6) is 0 Å². The molecule has 0 heterocycles. The molecule has 0 radical (unpaired) electrons. The Kier molecular flexibility index (Phi) is 7.69. The van der Waals surface area contributed by atoms with Crippen LogP contribution >= 0.6 is 0 Å². The summed E-state index contributed by atoms with van der Waals surface area (Å²) in [6, 6.07) is 0. The maximum absolute atomic E-state index is 13.1. The molecule has 0 aliphatic rings. The number of aliphatic hydroxyl groups is 4. The lowest BCUT2D eigenvalue weighted by molar-refractivity contribution is -0.365. The Bertz CT molecular complexity index is 198. The lowest BCUT2D eigenvalue weighted by atomic mass is 10.0. The zero-order valence-electron chi connectivity index (χ0n) is 9.40. The van der Waals surface area contributed by atoms with Gasteiger partial charge >= 0.3 is 5.97 Å². The second-order valence-electron chi connectivity index (χ2n) is 3.98. The minimum absolute atomic E-state index is 0.236. The van der Waals surface area contributed by atoms with Gasteiger partial charge in [-0.3, -0.25) is 4.39 Å². The molecule has 0 bridgehead atoms. The number of aliphatic hydroxyl groups excluding tert-OH is 1. The normalized spacial score (nSPS) is 17.8. The van der Waals surface area contributed by atoms with Gasteiger partial charge in [0, 0.05) is 0 Å². The summed E-state index contributed by atoms with van der Waals surface area (Å²) >= 11 is 0. The third-order valence-electron chi connectivity index (χ3n) is 2.41. The van der Waals surface area contributed by atoms with Crippen molar-refractivity contribution < 1.29 is 33.6 Å². The van der Waals surface area contributed by atoms with Gasteiger partial charge in [-0.15, -0.1) is 0 Å². The molecule has 0 aliphatic carbocycles. The molecular weight excluding hydrogens is 241 g/mol. The Labute approximate surface area is 97.7 Å². The van der Waals surface area contributed by atoms with Gasteiger partial charge < -0.3 is 20.4 Å². The first-order valence-corrected chi connectivity index (χ1v) is 5.50. The van der Waals surface area contributed by atoms with Gasteiger partial charge in [-0.05, 0) is 12.8 Å². The molecule has 0 spiro atoms. The van der Waals surface area contributed by atoms with Crippen LogP contribution in [0.2, 0.25) is 0 Å². The smallest absolute Gasteiger partial charge is 0.306 e. The number of hydrogen-bond donors (Lipinski definition) is 4. The largest absolute Gasteiger partial charge is 0.382 e. The van der Waals surface area contributed by atoms with E-state index in [9.17, 15) is 13.2 Å². The molecule has 0 saturated carbocycles. The quantitative estimate of drug-likeness (QED) is 0.361. The summed E-state index contributed by atoms with van der Waals surface area (Å²) < 4.78 is 37.9. The molecule has 17 heavy (non-hydrogen) atoms. The van der Waals surface area contributed by atoms with Gasteiger partial charge in [0.15, 0.2) is 12.3 Å². The summed E-state index contributed by atoms with van der Waals surface area (Å²) in [5, 5.41) is 34.2. The van der Waals surface area contributed by atoms with Crippen molar-refractivity contribution in [2.75, 3.05) is 6.67 Å². The zero-order chi connectivity index (χ0) is 13.5. The molecule has 104 valence electrons. The van der Waals surface area contributed by atoms with E-state index in [0.717, 1.165) is 0 Å². The zero-order valence-corrected chi connectivity index (χ0v) is 9.40. The third-order valence-corrected chi connectivity index (χ3v) is 2.41. The maximum Gasteiger partial charge on any atom is 0.306 e. The molecule has 0 fully saturated rings. The molecule has 0 rings (SSSR count). The summed E-state index contributed by atoms with van der Waals surface area (Å²) in [4.78, 5) is 0. The van der Waals surface area contributed by atoms with Crippen molar-refractivity contribution in [3.63, 3.8) is 0 Å². The van der Waals surface area contributed by atoms with Gasteiger partial charge in [-0.25, -0.2) is 8.78 Å². The average molecular weight is 260 g/mol. The molecule has 3 atom stereocenters. The monoisotopic (exact) mass is 260 g/mol. The van der Waals surface area contributed by atoms with Gasteiger partial charge in [-0.2, -0.15) is 0 Å². The molecular formula is C10H19F3O4. The summed E-state index contributed by atoms with van der Waals surface area (Å²) in [7, 11) is 0. The van der Waals surface area contributed by atoms with Crippen LogP contribution in [0.15, 0.2) is 0 Å². The van der Waals surface area contributed by atoms with Gasteiger partial charge in [0.25, 0.3) is 0 Å². The van der Waals surface area contributed by atoms with E-state index in [-0.39, 0.29) is 6.42 Å². The second-order valence-corrected chi connectivity index (χ2v) is 3.98. The molecule has 4 N–H and O–H groups in total. The second kappa shape index (κ2) is 7.86. The molecule has 0 aliphatic heterocycles. The Balaban J connectivity index is 3.85. The average Bonchev–Trinajstić information content (AvgIpc) is 2.25. The van der Waals surface area contributed by atoms with Crippen molar-refractivity contribution in [2.45, 2.75) is 56.5 Å². The fourth-order valence-electron chi connectivity index (χ4n) is 1.36. The number of unbranched alkanes of at least 4 members (excludes halogenated alkanes) is 3. The van der Waals surface area contributed by atoms with E-state index in [1.54, 1.807) is 0 Å². The van der Waals surface area contributed by atoms with Crippen LogP contribution in [-0.4, -0.2) is 51.5 Å². The third kappa shape index (κ3) is 6.82. The first-order chi connectivity index (χ1) is 7.80. The molecule has 3 unspecified atom stereocenters. The van der Waals surface area contributed by atoms with Crippen LogP contribution in [0.3, 0.4) is 0 Å². The fourth-order valence-corrected chi connectivity index (χ4v) is 1.36. The summed E-state index contributed by atoms with van der Waals surface area (Å²) in [5.74, 6) is -3.65. The van der Waals surface area contributed by atoms with Crippen molar-refractivity contribution in [1.82, 2.24) is 0 Å². The topological polar surface area (TPSA) is 80.9 Å². The minimum atomic E-state index is -3.65. The highest BCUT2D eigenvalue weighted by atomic mass is 19.2. The number of halogens is 3. The van der Waals surface area contributed by atoms with Gasteiger partial charge in [-0.1, -0.05) is 19.3 Å². The summed E-state index contributed by atoms with van der Waals surface area (Å²) in [6.45, 7) is -0.453. The standard InChI is InChI=1S/C10H19F3O4/c11-6-4-2-1-3-5-7(12)8(13)9(14)10(15,16)17/h7-9,14-17H,1-6H2. The lowest BCUT2D eigenvalue weighted by Gasteiger charge is -2.25. The maximum atomic E-state index is 13.1. The summed E-state index contributed by atoms with van der Waals surface area (Å²) in [5.41, 5.74) is 0. The predicted molar refractivity (Wildman–Crippen MR) is 54.2 cm³/mol. The molecule has 0 amide bonds. The highest BCUT2D eigenvalue weighted by Gasteiger charge is 2.41. The van der Waals surface area contributed by atoms with Crippen molar-refractivity contribution in [1.29, 1.82) is 0 Å². The van der Waals surface area contributed by atoms with Crippen molar-refractivity contribution >= 4 is 0 Å². The van der Waals surface area contributed by atoms with Crippen molar-refractivity contribution in [3.8, 4) is 0 Å². The van der Waals surface area contributed by atoms with E-state index < -0.39 is 31.1 Å². The number of alkyl halides is 3. The summed E-state index contributed by atoms with van der Waals surface area (Å²) in [6.07, 6.45) is -5.81. The van der Waals surface area contributed by atoms with E-state index in [4.69, 9.17) is 20.4 Å². The van der Waals surface area contributed by atoms with E-state index >= 15 is 0 Å². The minimum Gasteiger partial charge on any atom is -0.382 e. The Morgan fingerprint density at radius 3 is 1.94 bits per heavy atom. The lowest BCUT2D eigenvalue weighted by Crippen LogP contribution is -2.50. The van der Waals surface area contributed by atoms with E-state index in [1.807, 2.05) is 0 Å². The van der Waals surface area contributed by atoms with Crippen molar-refractivity contribution in [2.24, 2.45) is 0 Å². The Hall–Kier alpha value is -0.370. The van der Waals surface area contributed by atoms with Crippen LogP contribution in [0.1, 0.15) is 32.1 Å². The van der Waals surface area contributed by atoms with Crippen LogP contribution in [-0.2, 0) is 0 Å². The highest BCUT2D eigenvalue weighted by Crippen LogP contribution is 2.20. The molecule has 7 heteroatoms. The van der Waals surface area contributed by atoms with Crippen molar-refractivity contribution in [3.05, 3.63) is 0 Å². The number of rotatable bonds is 9. The van der Waals surface area contributed by atoms with E-state index in [1.165, 1.54) is 0 Å². The highest BCUT2D eigenvalue weighted by molar-refractivity contribution is 4.80. The SMILES string of the molecule is OC(C(F)C(F)CCCCCCF)C(O)(O)O. The molecule has 0 aromatic carbocycles. The van der Waals surface area contributed by atoms with Gasteiger partial charge in [0.2, 0.25) is 0 Å². The van der Waals surface area contributed by atoms with Crippen LogP contribution in [0.25, 0.3) is 0 Å². The Morgan fingerprint density at radius 1 is 0.941 bits per heavy atom. The predicted octanol–water partition coefficient (Wildman–Crippen LogP) is 0.574. The van der Waals surface area contributed by atoms with Crippen LogP contribution < -0.4 is 0 Å². The van der Waals surface area contributed by atoms with Gasteiger partial charge in [0.1, 0.15) is 6.17 Å². The van der Waals surface area contributed by atoms with Gasteiger partial charge in [0.05, 0.1) is 6.67 Å². The van der Waals surface area contributed by atoms with Crippen LogP contribution in [0.4, 0.5) is 13.2 Å². The molecule has 0 saturated heterocycles. The molecule has 0 aromatic heterocycles. The first-order valence-electron chi connectivity index (χ1n) is 5.50. The number of hydrogen-bond acceptors (Lipinski definition) is 4. The fraction of sp³-hybridized carbons (Fsp3) is 1.00. The van der Waals surface area contributed by atoms with E-state index in [0.29, 0.717) is 25.7 Å². The first kappa shape index (κ1) is 16.6.